The number of ether oxygens (including phenoxy) is 2. The van der Waals surface area contributed by atoms with Gasteiger partial charge >= 0.3 is 0 Å². The van der Waals surface area contributed by atoms with Gasteiger partial charge in [0.25, 0.3) is 0 Å². The van der Waals surface area contributed by atoms with Crippen LogP contribution in [0.15, 0.2) is 0 Å². The van der Waals surface area contributed by atoms with Gasteiger partial charge in [-0.05, 0) is 48.9 Å². The van der Waals surface area contributed by atoms with Crippen molar-refractivity contribution >= 4 is 15.9 Å². The lowest BCUT2D eigenvalue weighted by Gasteiger charge is -2.50. The van der Waals surface area contributed by atoms with Gasteiger partial charge in [-0.15, -0.1) is 0 Å². The van der Waals surface area contributed by atoms with Crippen LogP contribution in [0.1, 0.15) is 59.3 Å². The summed E-state index contributed by atoms with van der Waals surface area (Å²) in [5, 5.41) is 0. The third-order valence-corrected chi connectivity index (χ3v) is 7.61. The van der Waals surface area contributed by atoms with E-state index in [0.717, 1.165) is 44.0 Å². The minimum Gasteiger partial charge on any atom is -0.378 e. The quantitative estimate of drug-likeness (QED) is 0.660. The molecule has 0 aromatic carbocycles. The summed E-state index contributed by atoms with van der Waals surface area (Å²) in [5.74, 6) is 2.45. The third kappa shape index (κ3) is 3.21. The van der Waals surface area contributed by atoms with E-state index in [1.807, 2.05) is 0 Å². The number of halogens is 1. The second-order valence-electron chi connectivity index (χ2n) is 8.39. The summed E-state index contributed by atoms with van der Waals surface area (Å²) in [5.41, 5.74) is 0.442. The summed E-state index contributed by atoms with van der Waals surface area (Å²) in [6.07, 6.45) is 7.63. The molecular formula is C18H31BrO2. The Balaban J connectivity index is 1.71. The van der Waals surface area contributed by atoms with Gasteiger partial charge in [-0.25, -0.2) is 0 Å². The topological polar surface area (TPSA) is 18.5 Å². The predicted octanol–water partition coefficient (Wildman–Crippen LogP) is 4.80. The lowest BCUT2D eigenvalue weighted by atomic mass is 9.60. The van der Waals surface area contributed by atoms with Crippen molar-refractivity contribution < 1.29 is 9.47 Å². The SMILES string of the molecule is CC1CCC(C(C)(C)C2CCOC3(CCOC3)C2)C(Br)C1. The molecular weight excluding hydrogens is 328 g/mol. The molecule has 0 N–H and O–H groups in total. The van der Waals surface area contributed by atoms with Crippen LogP contribution in [0.4, 0.5) is 0 Å². The monoisotopic (exact) mass is 358 g/mol. The van der Waals surface area contributed by atoms with Crippen molar-refractivity contribution in [3.8, 4) is 0 Å². The zero-order valence-electron chi connectivity index (χ0n) is 13.9. The summed E-state index contributed by atoms with van der Waals surface area (Å²) in [6, 6.07) is 0. The van der Waals surface area contributed by atoms with Crippen LogP contribution in [0, 0.1) is 23.2 Å². The van der Waals surface area contributed by atoms with E-state index in [1.165, 1.54) is 32.1 Å². The first-order valence-electron chi connectivity index (χ1n) is 8.79. The van der Waals surface area contributed by atoms with Gasteiger partial charge in [0, 0.05) is 24.5 Å². The maximum Gasteiger partial charge on any atom is 0.0939 e. The predicted molar refractivity (Wildman–Crippen MR) is 89.8 cm³/mol. The molecule has 2 nitrogen and oxygen atoms in total. The Morgan fingerprint density at radius 2 is 1.95 bits per heavy atom. The van der Waals surface area contributed by atoms with Crippen LogP contribution in [-0.4, -0.2) is 30.2 Å². The lowest BCUT2D eigenvalue weighted by Crippen LogP contribution is -2.48. The molecule has 3 rings (SSSR count). The van der Waals surface area contributed by atoms with E-state index < -0.39 is 0 Å². The smallest absolute Gasteiger partial charge is 0.0939 e. The van der Waals surface area contributed by atoms with Crippen molar-refractivity contribution in [2.45, 2.75) is 69.7 Å². The van der Waals surface area contributed by atoms with E-state index in [1.54, 1.807) is 0 Å². The summed E-state index contributed by atoms with van der Waals surface area (Å²) in [4.78, 5) is 0.690. The average molecular weight is 359 g/mol. The molecule has 122 valence electrons. The third-order valence-electron chi connectivity index (χ3n) is 6.60. The Kier molecular flexibility index (Phi) is 4.75. The maximum absolute atomic E-state index is 6.15. The van der Waals surface area contributed by atoms with Crippen LogP contribution in [0.25, 0.3) is 0 Å². The molecule has 1 saturated carbocycles. The standard InChI is InChI=1S/C18H31BrO2/c1-13-4-5-15(16(19)10-13)17(2,3)14-6-8-21-18(11-14)7-9-20-12-18/h13-16H,4-12H2,1-3H3. The molecule has 3 heteroatoms. The second-order valence-corrected chi connectivity index (χ2v) is 9.56. The largest absolute Gasteiger partial charge is 0.378 e. The van der Waals surface area contributed by atoms with E-state index in [4.69, 9.17) is 9.47 Å². The highest BCUT2D eigenvalue weighted by atomic mass is 79.9. The Hall–Kier alpha value is 0.400. The average Bonchev–Trinajstić information content (AvgIpc) is 2.86. The molecule has 3 fully saturated rings. The molecule has 2 heterocycles. The molecule has 5 atom stereocenters. The van der Waals surface area contributed by atoms with Crippen molar-refractivity contribution in [3.05, 3.63) is 0 Å². The van der Waals surface area contributed by atoms with Crippen LogP contribution in [0.5, 0.6) is 0 Å². The van der Waals surface area contributed by atoms with Crippen LogP contribution in [0.3, 0.4) is 0 Å². The Morgan fingerprint density at radius 1 is 1.14 bits per heavy atom. The van der Waals surface area contributed by atoms with Crippen LogP contribution in [-0.2, 0) is 9.47 Å². The zero-order chi connectivity index (χ0) is 15.1. The van der Waals surface area contributed by atoms with E-state index >= 15 is 0 Å². The molecule has 2 saturated heterocycles. The van der Waals surface area contributed by atoms with E-state index in [0.29, 0.717) is 10.2 Å². The van der Waals surface area contributed by atoms with Gasteiger partial charge in [-0.1, -0.05) is 43.1 Å². The maximum atomic E-state index is 6.15. The van der Waals surface area contributed by atoms with Crippen molar-refractivity contribution in [3.63, 3.8) is 0 Å². The highest BCUT2D eigenvalue weighted by Gasteiger charge is 2.49. The summed E-state index contributed by atoms with van der Waals surface area (Å²) in [6.45, 7) is 10.1. The van der Waals surface area contributed by atoms with E-state index in [-0.39, 0.29) is 5.60 Å². The molecule has 0 aromatic heterocycles. The van der Waals surface area contributed by atoms with E-state index in [2.05, 4.69) is 36.7 Å². The molecule has 21 heavy (non-hydrogen) atoms. The van der Waals surface area contributed by atoms with Gasteiger partial charge < -0.3 is 9.47 Å². The molecule has 2 aliphatic heterocycles. The first-order valence-corrected chi connectivity index (χ1v) is 9.70. The van der Waals surface area contributed by atoms with Gasteiger partial charge in [-0.2, -0.15) is 0 Å². The van der Waals surface area contributed by atoms with Crippen molar-refractivity contribution in [1.29, 1.82) is 0 Å². The van der Waals surface area contributed by atoms with Gasteiger partial charge in [0.05, 0.1) is 12.2 Å². The fourth-order valence-electron chi connectivity index (χ4n) is 4.98. The zero-order valence-corrected chi connectivity index (χ0v) is 15.5. The van der Waals surface area contributed by atoms with Crippen molar-refractivity contribution in [2.24, 2.45) is 23.2 Å². The highest BCUT2D eigenvalue weighted by Crippen LogP contribution is 2.52. The number of hydrogen-bond donors (Lipinski definition) is 0. The van der Waals surface area contributed by atoms with Crippen LogP contribution in [0.2, 0.25) is 0 Å². The molecule has 1 aliphatic carbocycles. The molecule has 0 bridgehead atoms. The molecule has 5 unspecified atom stereocenters. The fourth-order valence-corrected chi connectivity index (χ4v) is 6.56. The normalized spacial score (nSPS) is 45.1. The summed E-state index contributed by atoms with van der Waals surface area (Å²) in [7, 11) is 0. The van der Waals surface area contributed by atoms with Crippen molar-refractivity contribution in [2.75, 3.05) is 19.8 Å². The number of hydrogen-bond acceptors (Lipinski definition) is 2. The molecule has 0 radical (unpaired) electrons. The number of alkyl halides is 1. The molecule has 3 aliphatic rings. The highest BCUT2D eigenvalue weighted by molar-refractivity contribution is 9.09. The van der Waals surface area contributed by atoms with Gasteiger partial charge in [0.1, 0.15) is 0 Å². The minimum atomic E-state index is 0.0456. The fraction of sp³-hybridized carbons (Fsp3) is 1.00. The van der Waals surface area contributed by atoms with Crippen LogP contribution >= 0.6 is 15.9 Å². The summed E-state index contributed by atoms with van der Waals surface area (Å²) < 4.78 is 11.8. The van der Waals surface area contributed by atoms with Crippen molar-refractivity contribution in [1.82, 2.24) is 0 Å². The number of rotatable bonds is 2. The second kappa shape index (κ2) is 6.13. The van der Waals surface area contributed by atoms with Crippen LogP contribution < -0.4 is 0 Å². The summed E-state index contributed by atoms with van der Waals surface area (Å²) >= 11 is 4.02. The molecule has 0 amide bonds. The minimum absolute atomic E-state index is 0.0456. The Morgan fingerprint density at radius 3 is 2.62 bits per heavy atom. The van der Waals surface area contributed by atoms with Gasteiger partial charge in [0.15, 0.2) is 0 Å². The lowest BCUT2D eigenvalue weighted by molar-refractivity contribution is -0.125. The van der Waals surface area contributed by atoms with Gasteiger partial charge in [-0.3, -0.25) is 0 Å². The first-order chi connectivity index (χ1) is 9.93. The Labute approximate surface area is 138 Å². The van der Waals surface area contributed by atoms with E-state index in [9.17, 15) is 0 Å². The Bertz CT molecular complexity index is 362. The molecule has 0 aromatic rings. The van der Waals surface area contributed by atoms with Gasteiger partial charge in [0.2, 0.25) is 0 Å². The first kappa shape index (κ1) is 16.3. The molecule has 1 spiro atoms.